The molecule has 2 atom stereocenters. The molecule has 0 nitrogen and oxygen atoms in total. The molecule has 53 valence electrons. The third-order valence-electron chi connectivity index (χ3n) is 1.78. The molecule has 9 heavy (non-hydrogen) atoms. The zero-order valence-electron chi connectivity index (χ0n) is 6.10. The molecule has 0 N–H and O–H groups in total. The third-order valence-corrected chi connectivity index (χ3v) is 2.11. The third kappa shape index (κ3) is 2.17. The highest BCUT2D eigenvalue weighted by molar-refractivity contribution is 6.22. The molecule has 0 saturated heterocycles. The highest BCUT2D eigenvalue weighted by Crippen LogP contribution is 2.34. The molecular formula is C8H14Cl. The molecule has 0 bridgehead atoms. The summed E-state index contributed by atoms with van der Waals surface area (Å²) in [5.74, 6) is 1.66. The Balaban J connectivity index is 2.04. The van der Waals surface area contributed by atoms with Gasteiger partial charge in [0, 0.05) is 5.38 Å². The summed E-state index contributed by atoms with van der Waals surface area (Å²) in [6.07, 6.45) is 4.78. The summed E-state index contributed by atoms with van der Waals surface area (Å²) in [7, 11) is 0. The average Bonchev–Trinajstić information content (AvgIpc) is 1.60. The topological polar surface area (TPSA) is 0 Å². The molecule has 1 saturated carbocycles. The Morgan fingerprint density at radius 1 is 1.67 bits per heavy atom. The van der Waals surface area contributed by atoms with E-state index in [0.29, 0.717) is 5.38 Å². The second-order valence-electron chi connectivity index (χ2n) is 3.33. The number of rotatable bonds is 2. The first-order valence-electron chi connectivity index (χ1n) is 3.67. The van der Waals surface area contributed by atoms with Gasteiger partial charge < -0.3 is 0 Å². The molecule has 1 heteroatoms. The van der Waals surface area contributed by atoms with E-state index in [1.807, 2.05) is 0 Å². The van der Waals surface area contributed by atoms with Crippen molar-refractivity contribution in [3.63, 3.8) is 0 Å². The van der Waals surface area contributed by atoms with Crippen molar-refractivity contribution in [3.8, 4) is 0 Å². The van der Waals surface area contributed by atoms with Crippen molar-refractivity contribution in [3.05, 3.63) is 6.42 Å². The van der Waals surface area contributed by atoms with Gasteiger partial charge in [-0.1, -0.05) is 13.8 Å². The van der Waals surface area contributed by atoms with E-state index >= 15 is 0 Å². The van der Waals surface area contributed by atoms with Crippen LogP contribution >= 0.6 is 11.6 Å². The van der Waals surface area contributed by atoms with Crippen molar-refractivity contribution < 1.29 is 0 Å². The second kappa shape index (κ2) is 2.92. The highest BCUT2D eigenvalue weighted by atomic mass is 35.5. The van der Waals surface area contributed by atoms with Crippen LogP contribution in [0.25, 0.3) is 0 Å². The zero-order valence-corrected chi connectivity index (χ0v) is 6.86. The van der Waals surface area contributed by atoms with Crippen LogP contribution in [0.5, 0.6) is 0 Å². The van der Waals surface area contributed by atoms with Crippen LogP contribution in [-0.2, 0) is 0 Å². The monoisotopic (exact) mass is 145 g/mol. The van der Waals surface area contributed by atoms with E-state index in [9.17, 15) is 0 Å². The van der Waals surface area contributed by atoms with Gasteiger partial charge in [0.1, 0.15) is 0 Å². The number of hydrogen-bond acceptors (Lipinski definition) is 0. The number of alkyl halides is 1. The van der Waals surface area contributed by atoms with Gasteiger partial charge in [-0.05, 0) is 31.1 Å². The molecule has 0 aromatic rings. The lowest BCUT2D eigenvalue weighted by atomic mass is 9.79. The van der Waals surface area contributed by atoms with Gasteiger partial charge in [0.05, 0.1) is 0 Å². The minimum Gasteiger partial charge on any atom is -0.123 e. The van der Waals surface area contributed by atoms with Crippen LogP contribution in [0, 0.1) is 18.3 Å². The summed E-state index contributed by atoms with van der Waals surface area (Å²) in [6.45, 7) is 4.52. The minimum atomic E-state index is 0.383. The van der Waals surface area contributed by atoms with E-state index in [-0.39, 0.29) is 0 Å². The van der Waals surface area contributed by atoms with Gasteiger partial charge >= 0.3 is 0 Å². The van der Waals surface area contributed by atoms with Crippen molar-refractivity contribution in [2.75, 3.05) is 0 Å². The van der Waals surface area contributed by atoms with Crippen LogP contribution in [0.3, 0.4) is 0 Å². The lowest BCUT2D eigenvalue weighted by Gasteiger charge is -2.31. The summed E-state index contributed by atoms with van der Waals surface area (Å²) in [4.78, 5) is 0. The zero-order chi connectivity index (χ0) is 6.85. The van der Waals surface area contributed by atoms with Crippen molar-refractivity contribution in [2.45, 2.75) is 32.1 Å². The van der Waals surface area contributed by atoms with Gasteiger partial charge in [0.15, 0.2) is 0 Å². The van der Waals surface area contributed by atoms with Crippen molar-refractivity contribution in [2.24, 2.45) is 11.8 Å². The average molecular weight is 146 g/mol. The molecule has 1 aliphatic carbocycles. The standard InChI is InChI=1S/C8H14Cl/c1-6(2)3-7-4-8(9)5-7/h4,6-8H,3,5H2,1-2H3. The Morgan fingerprint density at radius 2 is 2.22 bits per heavy atom. The van der Waals surface area contributed by atoms with Gasteiger partial charge in [-0.2, -0.15) is 0 Å². The summed E-state index contributed by atoms with van der Waals surface area (Å²) in [5.41, 5.74) is 0. The van der Waals surface area contributed by atoms with Gasteiger partial charge in [0.2, 0.25) is 0 Å². The van der Waals surface area contributed by atoms with Crippen LogP contribution in [0.1, 0.15) is 26.7 Å². The molecule has 1 radical (unpaired) electrons. The molecule has 0 spiro atoms. The summed E-state index contributed by atoms with van der Waals surface area (Å²) >= 11 is 5.77. The Kier molecular flexibility index (Phi) is 2.40. The first kappa shape index (κ1) is 7.40. The minimum absolute atomic E-state index is 0.383. The van der Waals surface area contributed by atoms with Crippen molar-refractivity contribution in [1.29, 1.82) is 0 Å². The number of hydrogen-bond donors (Lipinski definition) is 0. The molecule has 0 aromatic heterocycles. The van der Waals surface area contributed by atoms with Gasteiger partial charge in [0.25, 0.3) is 0 Å². The Labute approximate surface area is 62.6 Å². The molecule has 0 heterocycles. The predicted molar refractivity (Wildman–Crippen MR) is 41.5 cm³/mol. The maximum atomic E-state index is 5.77. The summed E-state index contributed by atoms with van der Waals surface area (Å²) < 4.78 is 0. The maximum Gasteiger partial charge on any atom is 0.0372 e. The predicted octanol–water partition coefficient (Wildman–Crippen LogP) is 2.86. The van der Waals surface area contributed by atoms with E-state index in [1.165, 1.54) is 12.8 Å². The van der Waals surface area contributed by atoms with E-state index in [0.717, 1.165) is 11.8 Å². The Morgan fingerprint density at radius 3 is 2.56 bits per heavy atom. The van der Waals surface area contributed by atoms with E-state index < -0.39 is 0 Å². The van der Waals surface area contributed by atoms with Crippen LogP contribution in [-0.4, -0.2) is 5.38 Å². The molecular weight excluding hydrogens is 132 g/mol. The SMILES string of the molecule is CC(C)CC1[CH]C(Cl)C1. The number of halogens is 1. The van der Waals surface area contributed by atoms with Crippen molar-refractivity contribution in [1.82, 2.24) is 0 Å². The molecule has 0 aliphatic heterocycles. The van der Waals surface area contributed by atoms with Crippen LogP contribution < -0.4 is 0 Å². The normalized spacial score (nSPS) is 34.7. The first-order valence-corrected chi connectivity index (χ1v) is 4.11. The fourth-order valence-electron chi connectivity index (χ4n) is 1.33. The summed E-state index contributed by atoms with van der Waals surface area (Å²) in [5, 5.41) is 0.383. The highest BCUT2D eigenvalue weighted by Gasteiger charge is 2.27. The van der Waals surface area contributed by atoms with E-state index in [2.05, 4.69) is 20.3 Å². The molecule has 1 rings (SSSR count). The van der Waals surface area contributed by atoms with Crippen LogP contribution in [0.15, 0.2) is 0 Å². The second-order valence-corrected chi connectivity index (χ2v) is 3.89. The molecule has 1 fully saturated rings. The quantitative estimate of drug-likeness (QED) is 0.525. The fourth-order valence-corrected chi connectivity index (χ4v) is 1.76. The van der Waals surface area contributed by atoms with Crippen LogP contribution in [0.4, 0.5) is 0 Å². The lowest BCUT2D eigenvalue weighted by Crippen LogP contribution is -2.25. The maximum absolute atomic E-state index is 5.77. The van der Waals surface area contributed by atoms with Gasteiger partial charge in [-0.3, -0.25) is 0 Å². The van der Waals surface area contributed by atoms with Crippen LogP contribution in [0.2, 0.25) is 0 Å². The smallest absolute Gasteiger partial charge is 0.0372 e. The van der Waals surface area contributed by atoms with E-state index in [1.54, 1.807) is 0 Å². The molecule has 1 aliphatic rings. The summed E-state index contributed by atoms with van der Waals surface area (Å²) in [6, 6.07) is 0. The fraction of sp³-hybridized carbons (Fsp3) is 0.875. The molecule has 0 amide bonds. The Bertz CT molecular complexity index is 82.6. The Hall–Kier alpha value is 0.290. The molecule has 0 aromatic carbocycles. The largest absolute Gasteiger partial charge is 0.123 e. The first-order chi connectivity index (χ1) is 4.18. The van der Waals surface area contributed by atoms with Crippen molar-refractivity contribution >= 4 is 11.6 Å². The van der Waals surface area contributed by atoms with E-state index in [4.69, 9.17) is 11.6 Å². The van der Waals surface area contributed by atoms with Gasteiger partial charge in [-0.15, -0.1) is 11.6 Å². The van der Waals surface area contributed by atoms with Gasteiger partial charge in [-0.25, -0.2) is 0 Å². The molecule has 2 unspecified atom stereocenters. The lowest BCUT2D eigenvalue weighted by molar-refractivity contribution is 0.358.